The average Bonchev–Trinajstić information content (AvgIpc) is 2.78. The fourth-order valence-electron chi connectivity index (χ4n) is 3.77. The topological polar surface area (TPSA) is 79.2 Å². The molecule has 0 saturated heterocycles. The Morgan fingerprint density at radius 2 is 1.72 bits per heavy atom. The third kappa shape index (κ3) is 5.23. The van der Waals surface area contributed by atoms with Crippen LogP contribution in [0.4, 0.5) is 0 Å². The number of rotatable bonds is 6. The van der Waals surface area contributed by atoms with E-state index in [4.69, 9.17) is 4.74 Å². The minimum absolute atomic E-state index is 0.279. The smallest absolute Gasteiger partial charge is 0.339 e. The van der Waals surface area contributed by atoms with Crippen molar-refractivity contribution in [2.45, 2.75) is 45.1 Å². The fraction of sp³-hybridized carbons (Fsp3) is 0.375. The summed E-state index contributed by atoms with van der Waals surface area (Å²) in [4.78, 5) is 25.2. The first-order chi connectivity index (χ1) is 14.1. The number of amides is 1. The molecule has 150 valence electrons. The Kier molecular flexibility index (Phi) is 7.02. The molecule has 2 aromatic carbocycles. The molecule has 0 unspecified atom stereocenters. The molecule has 2 aromatic rings. The molecule has 0 heterocycles. The lowest BCUT2D eigenvalue weighted by atomic mass is 9.89. The molecule has 0 aromatic heterocycles. The van der Waals surface area contributed by atoms with Gasteiger partial charge in [0.15, 0.2) is 6.10 Å². The minimum Gasteiger partial charge on any atom is -0.449 e. The molecule has 29 heavy (non-hydrogen) atoms. The normalized spacial score (nSPS) is 15.2. The van der Waals surface area contributed by atoms with Crippen LogP contribution in [0.2, 0.25) is 0 Å². The van der Waals surface area contributed by atoms with Crippen molar-refractivity contribution in [1.29, 1.82) is 5.26 Å². The first-order valence-corrected chi connectivity index (χ1v) is 10.2. The maximum Gasteiger partial charge on any atom is 0.339 e. The van der Waals surface area contributed by atoms with Crippen molar-refractivity contribution < 1.29 is 14.3 Å². The lowest BCUT2D eigenvalue weighted by Crippen LogP contribution is -2.38. The van der Waals surface area contributed by atoms with Crippen LogP contribution in [-0.4, -0.2) is 24.5 Å². The van der Waals surface area contributed by atoms with Gasteiger partial charge in [-0.1, -0.05) is 55.7 Å². The highest BCUT2D eigenvalue weighted by atomic mass is 16.5. The highest BCUT2D eigenvalue weighted by molar-refractivity contribution is 5.99. The Bertz CT molecular complexity index is 910. The largest absolute Gasteiger partial charge is 0.449 e. The summed E-state index contributed by atoms with van der Waals surface area (Å²) in [6.07, 6.45) is 5.09. The maximum atomic E-state index is 12.8. The van der Waals surface area contributed by atoms with Crippen molar-refractivity contribution in [3.8, 4) is 17.2 Å². The van der Waals surface area contributed by atoms with E-state index in [0.717, 1.165) is 12.8 Å². The van der Waals surface area contributed by atoms with Crippen LogP contribution in [-0.2, 0) is 9.53 Å². The molecule has 5 nitrogen and oxygen atoms in total. The van der Waals surface area contributed by atoms with Crippen LogP contribution in [0.1, 0.15) is 54.9 Å². The summed E-state index contributed by atoms with van der Waals surface area (Å²) < 4.78 is 5.44. The molecule has 0 radical (unpaired) electrons. The summed E-state index contributed by atoms with van der Waals surface area (Å²) in [5, 5.41) is 12.3. The maximum absolute atomic E-state index is 12.8. The SMILES string of the molecule is C[C@@H](OC(=O)c1ccccc1-c1ccccc1C#N)C(=O)NCC1CCCCC1. The van der Waals surface area contributed by atoms with E-state index in [2.05, 4.69) is 11.4 Å². The number of hydrogen-bond donors (Lipinski definition) is 1. The molecule has 1 aliphatic carbocycles. The van der Waals surface area contributed by atoms with Crippen LogP contribution >= 0.6 is 0 Å². The first kappa shape index (κ1) is 20.6. The third-order valence-electron chi connectivity index (χ3n) is 5.43. The summed E-state index contributed by atoms with van der Waals surface area (Å²) in [6.45, 7) is 2.22. The quantitative estimate of drug-likeness (QED) is 0.738. The van der Waals surface area contributed by atoms with Crippen LogP contribution in [0.15, 0.2) is 48.5 Å². The number of ether oxygens (including phenoxy) is 1. The third-order valence-corrected chi connectivity index (χ3v) is 5.43. The van der Waals surface area contributed by atoms with Crippen molar-refractivity contribution in [3.63, 3.8) is 0 Å². The molecule has 1 fully saturated rings. The Labute approximate surface area is 171 Å². The molecule has 3 rings (SSSR count). The molecule has 0 spiro atoms. The standard InChI is InChI=1S/C24H26N2O3/c1-17(23(27)26-16-18-9-3-2-4-10-18)29-24(28)22-14-8-7-13-21(22)20-12-6-5-11-19(20)15-25/h5-8,11-14,17-18H,2-4,9-10,16H2,1H3,(H,26,27)/t17-/m1/s1. The van der Waals surface area contributed by atoms with E-state index in [1.165, 1.54) is 19.3 Å². The zero-order chi connectivity index (χ0) is 20.6. The lowest BCUT2D eigenvalue weighted by Gasteiger charge is -2.22. The van der Waals surface area contributed by atoms with Gasteiger partial charge in [-0.05, 0) is 43.4 Å². The summed E-state index contributed by atoms with van der Waals surface area (Å²) in [7, 11) is 0. The summed E-state index contributed by atoms with van der Waals surface area (Å²) in [5.41, 5.74) is 2.09. The van der Waals surface area contributed by atoms with E-state index in [-0.39, 0.29) is 5.91 Å². The van der Waals surface area contributed by atoms with Crippen molar-refractivity contribution in [2.24, 2.45) is 5.92 Å². The second-order valence-corrected chi connectivity index (χ2v) is 7.50. The molecule has 5 heteroatoms. The molecule has 0 aliphatic heterocycles. The summed E-state index contributed by atoms with van der Waals surface area (Å²) in [5.74, 6) is -0.341. The fourth-order valence-corrected chi connectivity index (χ4v) is 3.77. The van der Waals surface area contributed by atoms with Crippen molar-refractivity contribution in [3.05, 3.63) is 59.7 Å². The molecule has 1 amide bonds. The van der Waals surface area contributed by atoms with E-state index in [1.807, 2.05) is 6.07 Å². The van der Waals surface area contributed by atoms with Gasteiger partial charge in [-0.2, -0.15) is 5.26 Å². The predicted molar refractivity (Wildman–Crippen MR) is 111 cm³/mol. The Morgan fingerprint density at radius 3 is 2.45 bits per heavy atom. The number of hydrogen-bond acceptors (Lipinski definition) is 4. The predicted octanol–water partition coefficient (Wildman–Crippen LogP) is 4.47. The van der Waals surface area contributed by atoms with Gasteiger partial charge < -0.3 is 10.1 Å². The second-order valence-electron chi connectivity index (χ2n) is 7.50. The molecule has 1 aliphatic rings. The zero-order valence-corrected chi connectivity index (χ0v) is 16.7. The lowest BCUT2D eigenvalue weighted by molar-refractivity contribution is -0.129. The highest BCUT2D eigenvalue weighted by Crippen LogP contribution is 2.27. The van der Waals surface area contributed by atoms with E-state index in [9.17, 15) is 14.9 Å². The molecular formula is C24H26N2O3. The van der Waals surface area contributed by atoms with E-state index in [1.54, 1.807) is 49.4 Å². The van der Waals surface area contributed by atoms with Gasteiger partial charge in [0.25, 0.3) is 5.91 Å². The number of nitriles is 1. The number of nitrogens with zero attached hydrogens (tertiary/aromatic N) is 1. The van der Waals surface area contributed by atoms with Crippen LogP contribution < -0.4 is 5.32 Å². The highest BCUT2D eigenvalue weighted by Gasteiger charge is 2.23. The van der Waals surface area contributed by atoms with Crippen LogP contribution in [0, 0.1) is 17.2 Å². The van der Waals surface area contributed by atoms with Gasteiger partial charge in [0.1, 0.15) is 0 Å². The molecule has 1 N–H and O–H groups in total. The Morgan fingerprint density at radius 1 is 1.07 bits per heavy atom. The number of esters is 1. The average molecular weight is 390 g/mol. The molecule has 0 bridgehead atoms. The van der Waals surface area contributed by atoms with E-state index >= 15 is 0 Å². The first-order valence-electron chi connectivity index (χ1n) is 10.2. The van der Waals surface area contributed by atoms with Gasteiger partial charge in [0.2, 0.25) is 0 Å². The van der Waals surface area contributed by atoms with E-state index in [0.29, 0.717) is 34.7 Å². The van der Waals surface area contributed by atoms with Gasteiger partial charge >= 0.3 is 5.97 Å². The van der Waals surface area contributed by atoms with Gasteiger partial charge in [-0.3, -0.25) is 4.79 Å². The summed E-state index contributed by atoms with van der Waals surface area (Å²) in [6, 6.07) is 16.2. The van der Waals surface area contributed by atoms with Gasteiger partial charge in [0, 0.05) is 12.1 Å². The van der Waals surface area contributed by atoms with Gasteiger partial charge in [-0.25, -0.2) is 4.79 Å². The number of carbonyl (C=O) groups is 2. The van der Waals surface area contributed by atoms with Crippen molar-refractivity contribution in [2.75, 3.05) is 6.54 Å². The molecule has 1 atom stereocenters. The summed E-state index contributed by atoms with van der Waals surface area (Å²) >= 11 is 0. The second kappa shape index (κ2) is 9.88. The number of benzene rings is 2. The van der Waals surface area contributed by atoms with Crippen LogP contribution in [0.3, 0.4) is 0 Å². The zero-order valence-electron chi connectivity index (χ0n) is 16.7. The molecular weight excluding hydrogens is 364 g/mol. The minimum atomic E-state index is -0.884. The van der Waals surface area contributed by atoms with Gasteiger partial charge in [0.05, 0.1) is 17.2 Å². The van der Waals surface area contributed by atoms with E-state index < -0.39 is 12.1 Å². The Hall–Kier alpha value is -3.13. The van der Waals surface area contributed by atoms with Crippen molar-refractivity contribution in [1.82, 2.24) is 5.32 Å². The monoisotopic (exact) mass is 390 g/mol. The Balaban J connectivity index is 1.68. The van der Waals surface area contributed by atoms with Crippen molar-refractivity contribution >= 4 is 11.9 Å². The number of carbonyl (C=O) groups excluding carboxylic acids is 2. The van der Waals surface area contributed by atoms with Gasteiger partial charge in [-0.15, -0.1) is 0 Å². The molecule has 1 saturated carbocycles. The number of nitrogens with one attached hydrogen (secondary N) is 1. The van der Waals surface area contributed by atoms with Crippen LogP contribution in [0.25, 0.3) is 11.1 Å². The van der Waals surface area contributed by atoms with Crippen LogP contribution in [0.5, 0.6) is 0 Å².